The second-order valence-corrected chi connectivity index (χ2v) is 4.18. The van der Waals surface area contributed by atoms with Gasteiger partial charge in [0, 0.05) is 5.56 Å². The van der Waals surface area contributed by atoms with Gasteiger partial charge in [-0.25, -0.2) is 14.8 Å². The summed E-state index contributed by atoms with van der Waals surface area (Å²) in [4.78, 5) is 30.9. The Labute approximate surface area is 119 Å². The summed E-state index contributed by atoms with van der Waals surface area (Å²) in [6.07, 6.45) is 2.76. The van der Waals surface area contributed by atoms with Gasteiger partial charge in [-0.15, -0.1) is 0 Å². The molecule has 0 aliphatic rings. The van der Waals surface area contributed by atoms with Crippen molar-refractivity contribution in [2.45, 2.75) is 0 Å². The monoisotopic (exact) mass is 291 g/mol. The van der Waals surface area contributed by atoms with Crippen LogP contribution in [0.2, 0.25) is 5.02 Å². The van der Waals surface area contributed by atoms with Gasteiger partial charge in [0.05, 0.1) is 30.1 Å². The molecule has 0 unspecified atom stereocenters. The van der Waals surface area contributed by atoms with E-state index in [-0.39, 0.29) is 11.9 Å². The Bertz CT molecular complexity index is 626. The van der Waals surface area contributed by atoms with Crippen molar-refractivity contribution in [3.8, 4) is 0 Å². The SMILES string of the molecule is COC(=O)c1ccc(C(=O)Nc2ncc(Cl)cn2)cc1. The number of esters is 1. The lowest BCUT2D eigenvalue weighted by Crippen LogP contribution is -2.14. The quantitative estimate of drug-likeness (QED) is 0.877. The number of anilines is 1. The molecule has 0 aliphatic heterocycles. The summed E-state index contributed by atoms with van der Waals surface area (Å²) in [6, 6.07) is 6.03. The lowest BCUT2D eigenvalue weighted by Gasteiger charge is -2.04. The van der Waals surface area contributed by atoms with E-state index in [0.717, 1.165) is 0 Å². The first-order chi connectivity index (χ1) is 9.60. The molecule has 0 spiro atoms. The number of hydrogen-bond donors (Lipinski definition) is 1. The number of nitrogens with zero attached hydrogens (tertiary/aromatic N) is 2. The third kappa shape index (κ3) is 3.30. The molecule has 0 saturated heterocycles. The molecule has 1 aromatic heterocycles. The van der Waals surface area contributed by atoms with Crippen LogP contribution in [0.1, 0.15) is 20.7 Å². The minimum Gasteiger partial charge on any atom is -0.465 e. The van der Waals surface area contributed by atoms with Crippen molar-refractivity contribution < 1.29 is 14.3 Å². The molecule has 102 valence electrons. The number of carbonyl (C=O) groups excluding carboxylic acids is 2. The van der Waals surface area contributed by atoms with Crippen LogP contribution in [0.4, 0.5) is 5.95 Å². The van der Waals surface area contributed by atoms with E-state index >= 15 is 0 Å². The highest BCUT2D eigenvalue weighted by atomic mass is 35.5. The average molecular weight is 292 g/mol. The van der Waals surface area contributed by atoms with Crippen LogP contribution in [0.3, 0.4) is 0 Å². The molecule has 0 radical (unpaired) electrons. The standard InChI is InChI=1S/C13H10ClN3O3/c1-20-12(19)9-4-2-8(3-5-9)11(18)17-13-15-6-10(14)7-16-13/h2-7H,1H3,(H,15,16,17,18). The minimum absolute atomic E-state index is 0.149. The highest BCUT2D eigenvalue weighted by Gasteiger charge is 2.10. The zero-order valence-electron chi connectivity index (χ0n) is 10.5. The Kier molecular flexibility index (Phi) is 4.27. The molecule has 0 atom stereocenters. The van der Waals surface area contributed by atoms with Crippen LogP contribution in [-0.2, 0) is 4.74 Å². The molecule has 0 aliphatic carbocycles. The Balaban J connectivity index is 2.09. The molecule has 1 aromatic carbocycles. The molecule has 1 N–H and O–H groups in total. The van der Waals surface area contributed by atoms with E-state index in [1.165, 1.54) is 43.8 Å². The number of hydrogen-bond acceptors (Lipinski definition) is 5. The summed E-state index contributed by atoms with van der Waals surface area (Å²) in [5.74, 6) is -0.696. The van der Waals surface area contributed by atoms with Gasteiger partial charge in [-0.05, 0) is 24.3 Å². The fraction of sp³-hybridized carbons (Fsp3) is 0.0769. The molecular formula is C13H10ClN3O3. The summed E-state index contributed by atoms with van der Waals surface area (Å²) in [5.41, 5.74) is 0.739. The Morgan fingerprint density at radius 2 is 1.65 bits per heavy atom. The summed E-state index contributed by atoms with van der Waals surface area (Å²) in [5, 5.41) is 2.89. The molecule has 0 bridgehead atoms. The second kappa shape index (κ2) is 6.12. The first-order valence-corrected chi connectivity index (χ1v) is 5.95. The molecule has 0 saturated carbocycles. The van der Waals surface area contributed by atoms with Gasteiger partial charge in [0.25, 0.3) is 5.91 Å². The Hall–Kier alpha value is -2.47. The largest absolute Gasteiger partial charge is 0.465 e. The highest BCUT2D eigenvalue weighted by Crippen LogP contribution is 2.09. The number of amides is 1. The molecule has 7 heteroatoms. The summed E-state index contributed by atoms with van der Waals surface area (Å²) in [7, 11) is 1.29. The molecule has 1 heterocycles. The first kappa shape index (κ1) is 14.0. The third-order valence-electron chi connectivity index (χ3n) is 2.41. The van der Waals surface area contributed by atoms with Crippen molar-refractivity contribution in [2.24, 2.45) is 0 Å². The number of ether oxygens (including phenoxy) is 1. The van der Waals surface area contributed by atoms with Gasteiger partial charge in [-0.2, -0.15) is 0 Å². The number of methoxy groups -OCH3 is 1. The van der Waals surface area contributed by atoms with E-state index in [9.17, 15) is 9.59 Å². The predicted molar refractivity (Wildman–Crippen MR) is 72.8 cm³/mol. The molecule has 2 rings (SSSR count). The number of benzene rings is 1. The topological polar surface area (TPSA) is 81.2 Å². The van der Waals surface area contributed by atoms with Crippen LogP contribution in [0.15, 0.2) is 36.7 Å². The van der Waals surface area contributed by atoms with Gasteiger partial charge >= 0.3 is 5.97 Å². The molecule has 1 amide bonds. The number of halogens is 1. The molecular weight excluding hydrogens is 282 g/mol. The van der Waals surface area contributed by atoms with Crippen LogP contribution in [0, 0.1) is 0 Å². The van der Waals surface area contributed by atoms with Gasteiger partial charge in [0.1, 0.15) is 0 Å². The third-order valence-corrected chi connectivity index (χ3v) is 2.61. The maximum Gasteiger partial charge on any atom is 0.337 e. The number of carbonyl (C=O) groups is 2. The first-order valence-electron chi connectivity index (χ1n) is 5.57. The summed E-state index contributed by atoms with van der Waals surface area (Å²) >= 11 is 5.64. The Morgan fingerprint density at radius 1 is 1.10 bits per heavy atom. The van der Waals surface area contributed by atoms with E-state index in [1.54, 1.807) is 0 Å². The van der Waals surface area contributed by atoms with Crippen LogP contribution < -0.4 is 5.32 Å². The van der Waals surface area contributed by atoms with Gasteiger partial charge in [-0.3, -0.25) is 10.1 Å². The van der Waals surface area contributed by atoms with Crippen molar-refractivity contribution in [1.29, 1.82) is 0 Å². The maximum absolute atomic E-state index is 11.9. The highest BCUT2D eigenvalue weighted by molar-refractivity contribution is 6.30. The molecule has 0 fully saturated rings. The predicted octanol–water partition coefficient (Wildman–Crippen LogP) is 2.17. The van der Waals surface area contributed by atoms with Gasteiger partial charge < -0.3 is 4.74 Å². The normalized spacial score (nSPS) is 9.90. The lowest BCUT2D eigenvalue weighted by molar-refractivity contribution is 0.0600. The van der Waals surface area contributed by atoms with Gasteiger partial charge in [-0.1, -0.05) is 11.6 Å². The van der Waals surface area contributed by atoms with Crippen LogP contribution >= 0.6 is 11.6 Å². The zero-order valence-corrected chi connectivity index (χ0v) is 11.2. The number of rotatable bonds is 3. The zero-order chi connectivity index (χ0) is 14.5. The van der Waals surface area contributed by atoms with Crippen LogP contribution in [0.25, 0.3) is 0 Å². The fourth-order valence-corrected chi connectivity index (χ4v) is 1.52. The fourth-order valence-electron chi connectivity index (χ4n) is 1.43. The summed E-state index contributed by atoms with van der Waals surface area (Å²) < 4.78 is 4.57. The van der Waals surface area contributed by atoms with E-state index in [1.807, 2.05) is 0 Å². The van der Waals surface area contributed by atoms with E-state index in [2.05, 4.69) is 20.0 Å². The molecule has 6 nitrogen and oxygen atoms in total. The van der Waals surface area contributed by atoms with Crippen molar-refractivity contribution >= 4 is 29.4 Å². The average Bonchev–Trinajstić information content (AvgIpc) is 2.49. The Morgan fingerprint density at radius 3 is 2.20 bits per heavy atom. The van der Waals surface area contributed by atoms with Crippen molar-refractivity contribution in [3.63, 3.8) is 0 Å². The van der Waals surface area contributed by atoms with Crippen LogP contribution in [0.5, 0.6) is 0 Å². The van der Waals surface area contributed by atoms with E-state index in [0.29, 0.717) is 16.1 Å². The van der Waals surface area contributed by atoms with Crippen molar-refractivity contribution in [2.75, 3.05) is 12.4 Å². The lowest BCUT2D eigenvalue weighted by atomic mass is 10.1. The number of aromatic nitrogens is 2. The molecule has 20 heavy (non-hydrogen) atoms. The van der Waals surface area contributed by atoms with Gasteiger partial charge in [0.2, 0.25) is 5.95 Å². The van der Waals surface area contributed by atoms with E-state index < -0.39 is 5.97 Å². The van der Waals surface area contributed by atoms with Crippen molar-refractivity contribution in [1.82, 2.24) is 9.97 Å². The molecule has 2 aromatic rings. The van der Waals surface area contributed by atoms with Crippen LogP contribution in [-0.4, -0.2) is 29.0 Å². The maximum atomic E-state index is 11.9. The van der Waals surface area contributed by atoms with Gasteiger partial charge in [0.15, 0.2) is 0 Å². The smallest absolute Gasteiger partial charge is 0.337 e. The number of nitrogens with one attached hydrogen (secondary N) is 1. The van der Waals surface area contributed by atoms with E-state index in [4.69, 9.17) is 11.6 Å². The second-order valence-electron chi connectivity index (χ2n) is 3.75. The minimum atomic E-state index is -0.460. The van der Waals surface area contributed by atoms with Crippen molar-refractivity contribution in [3.05, 3.63) is 52.8 Å². The summed E-state index contributed by atoms with van der Waals surface area (Å²) in [6.45, 7) is 0.